The fourth-order valence-corrected chi connectivity index (χ4v) is 1.43. The second kappa shape index (κ2) is 5.32. The van der Waals surface area contributed by atoms with Gasteiger partial charge in [-0.25, -0.2) is 15.2 Å². The number of nitrogens with one attached hydrogen (secondary N) is 2. The number of hydrogen-bond acceptors (Lipinski definition) is 4. The molecule has 0 aliphatic carbocycles. The van der Waals surface area contributed by atoms with E-state index in [4.69, 9.17) is 4.74 Å². The maximum Gasteiger partial charge on any atom is 0.423 e. The Bertz CT molecular complexity index is 207. The van der Waals surface area contributed by atoms with Gasteiger partial charge >= 0.3 is 6.09 Å². The minimum atomic E-state index is -0.451. The lowest BCUT2D eigenvalue weighted by atomic mass is 10.2. The highest BCUT2D eigenvalue weighted by Crippen LogP contribution is 2.07. The fraction of sp³-hybridized carbons (Fsp3) is 0.900. The highest BCUT2D eigenvalue weighted by Gasteiger charge is 2.17. The predicted octanol–water partition coefficient (Wildman–Crippen LogP) is 1.42. The zero-order valence-electron chi connectivity index (χ0n) is 9.80. The molecule has 0 aromatic heterocycles. The first-order valence-electron chi connectivity index (χ1n) is 5.47. The summed E-state index contributed by atoms with van der Waals surface area (Å²) in [5, 5.41) is 1.99. The van der Waals surface area contributed by atoms with Crippen molar-refractivity contribution in [3.8, 4) is 0 Å². The Morgan fingerprint density at radius 1 is 1.20 bits per heavy atom. The van der Waals surface area contributed by atoms with Crippen molar-refractivity contribution in [3.05, 3.63) is 0 Å². The highest BCUT2D eigenvalue weighted by atomic mass is 16.6. The van der Waals surface area contributed by atoms with Gasteiger partial charge in [-0.05, 0) is 33.6 Å². The fourth-order valence-electron chi connectivity index (χ4n) is 1.43. The van der Waals surface area contributed by atoms with E-state index in [0.717, 1.165) is 13.1 Å². The molecule has 1 rings (SSSR count). The Morgan fingerprint density at radius 2 is 1.80 bits per heavy atom. The maximum absolute atomic E-state index is 11.3. The summed E-state index contributed by atoms with van der Waals surface area (Å²) in [5.41, 5.74) is 4.93. The molecule has 0 spiro atoms. The number of rotatable bonds is 2. The molecule has 88 valence electrons. The number of nitrogens with zero attached hydrogens (tertiary/aromatic N) is 1. The van der Waals surface area contributed by atoms with E-state index in [1.807, 2.05) is 25.8 Å². The monoisotopic (exact) mass is 215 g/mol. The average molecular weight is 215 g/mol. The number of piperidine rings is 1. The van der Waals surface area contributed by atoms with Crippen molar-refractivity contribution in [2.24, 2.45) is 0 Å². The van der Waals surface area contributed by atoms with E-state index in [-0.39, 0.29) is 0 Å². The number of amides is 1. The summed E-state index contributed by atoms with van der Waals surface area (Å²) >= 11 is 0. The normalized spacial score (nSPS) is 18.6. The minimum absolute atomic E-state index is 0.437. The van der Waals surface area contributed by atoms with E-state index in [0.29, 0.717) is 0 Å². The molecular formula is C10H21N3O2. The standard InChI is InChI=1S/C10H21N3O2/c1-10(2,3)15-9(14)11-12-13-7-5-4-6-8-13/h12H,4-8H2,1-3H3,(H,11,14). The molecule has 5 heteroatoms. The molecule has 0 saturated carbocycles. The first-order chi connectivity index (χ1) is 6.97. The van der Waals surface area contributed by atoms with Crippen LogP contribution in [0.25, 0.3) is 0 Å². The quantitative estimate of drug-likeness (QED) is 0.684. The average Bonchev–Trinajstić information content (AvgIpc) is 2.14. The number of ether oxygens (including phenoxy) is 1. The van der Waals surface area contributed by atoms with Gasteiger partial charge in [0.25, 0.3) is 0 Å². The summed E-state index contributed by atoms with van der Waals surface area (Å²) in [6.45, 7) is 7.46. The van der Waals surface area contributed by atoms with Crippen molar-refractivity contribution in [2.75, 3.05) is 13.1 Å². The number of hydrazine groups is 2. The number of carbonyl (C=O) groups is 1. The first kappa shape index (κ1) is 12.3. The van der Waals surface area contributed by atoms with Crippen molar-refractivity contribution in [1.29, 1.82) is 0 Å². The summed E-state index contributed by atoms with van der Waals surface area (Å²) in [6.07, 6.45) is 3.17. The van der Waals surface area contributed by atoms with E-state index in [1.54, 1.807) is 0 Å². The van der Waals surface area contributed by atoms with E-state index in [2.05, 4.69) is 11.0 Å². The molecule has 1 aliphatic heterocycles. The summed E-state index contributed by atoms with van der Waals surface area (Å²) in [7, 11) is 0. The molecule has 1 saturated heterocycles. The van der Waals surface area contributed by atoms with Crippen LogP contribution in [0, 0.1) is 0 Å². The summed E-state index contributed by atoms with van der Waals surface area (Å²) < 4.78 is 5.09. The highest BCUT2D eigenvalue weighted by molar-refractivity contribution is 5.66. The van der Waals surface area contributed by atoms with Gasteiger partial charge in [-0.2, -0.15) is 5.53 Å². The van der Waals surface area contributed by atoms with Gasteiger partial charge in [-0.15, -0.1) is 0 Å². The van der Waals surface area contributed by atoms with Crippen LogP contribution in [-0.4, -0.2) is 29.8 Å². The molecule has 0 unspecified atom stereocenters. The molecule has 0 atom stereocenters. The lowest BCUT2D eigenvalue weighted by molar-refractivity contribution is 0.0361. The Hall–Kier alpha value is -0.810. The van der Waals surface area contributed by atoms with Crippen LogP contribution in [-0.2, 0) is 4.74 Å². The predicted molar refractivity (Wildman–Crippen MR) is 57.9 cm³/mol. The van der Waals surface area contributed by atoms with Crippen LogP contribution in [0.5, 0.6) is 0 Å². The van der Waals surface area contributed by atoms with E-state index in [1.165, 1.54) is 19.3 Å². The molecule has 1 amide bonds. The van der Waals surface area contributed by atoms with Gasteiger partial charge in [0.2, 0.25) is 0 Å². The molecule has 1 fully saturated rings. The Kier molecular flexibility index (Phi) is 4.35. The number of hydrogen-bond donors (Lipinski definition) is 2. The molecule has 1 aliphatic rings. The van der Waals surface area contributed by atoms with Gasteiger partial charge in [0.05, 0.1) is 0 Å². The molecule has 5 nitrogen and oxygen atoms in total. The van der Waals surface area contributed by atoms with Gasteiger partial charge < -0.3 is 4.74 Å². The SMILES string of the molecule is CC(C)(C)OC(=O)NNN1CCCCC1. The molecule has 0 aromatic carbocycles. The van der Waals surface area contributed by atoms with Crippen LogP contribution in [0.1, 0.15) is 40.0 Å². The van der Waals surface area contributed by atoms with Gasteiger partial charge in [-0.1, -0.05) is 6.42 Å². The van der Waals surface area contributed by atoms with Crippen molar-refractivity contribution < 1.29 is 9.53 Å². The molecule has 0 aromatic rings. The number of carbonyl (C=O) groups excluding carboxylic acids is 1. The van der Waals surface area contributed by atoms with Crippen LogP contribution in [0.15, 0.2) is 0 Å². The van der Waals surface area contributed by atoms with Gasteiger partial charge in [0.15, 0.2) is 0 Å². The van der Waals surface area contributed by atoms with Crippen molar-refractivity contribution >= 4 is 6.09 Å². The van der Waals surface area contributed by atoms with Crippen LogP contribution in [0.3, 0.4) is 0 Å². The third kappa shape index (κ3) is 5.59. The molecule has 0 bridgehead atoms. The van der Waals surface area contributed by atoms with Gasteiger partial charge in [-0.3, -0.25) is 0 Å². The minimum Gasteiger partial charge on any atom is -0.443 e. The molecular weight excluding hydrogens is 194 g/mol. The lowest BCUT2D eigenvalue weighted by Gasteiger charge is -2.27. The zero-order chi connectivity index (χ0) is 11.3. The molecule has 1 heterocycles. The van der Waals surface area contributed by atoms with Crippen LogP contribution >= 0.6 is 0 Å². The maximum atomic E-state index is 11.3. The zero-order valence-corrected chi connectivity index (χ0v) is 9.80. The molecule has 2 N–H and O–H groups in total. The van der Waals surface area contributed by atoms with Crippen LogP contribution in [0.4, 0.5) is 4.79 Å². The Labute approximate surface area is 91.1 Å². The summed E-state index contributed by atoms with van der Waals surface area (Å²) in [6, 6.07) is 0. The van der Waals surface area contributed by atoms with Crippen molar-refractivity contribution in [1.82, 2.24) is 16.0 Å². The lowest BCUT2D eigenvalue weighted by Crippen LogP contribution is -2.52. The van der Waals surface area contributed by atoms with E-state index in [9.17, 15) is 4.79 Å². The Morgan fingerprint density at radius 3 is 2.33 bits per heavy atom. The largest absolute Gasteiger partial charge is 0.443 e. The van der Waals surface area contributed by atoms with Crippen molar-refractivity contribution in [2.45, 2.75) is 45.6 Å². The van der Waals surface area contributed by atoms with Gasteiger partial charge in [0, 0.05) is 13.1 Å². The summed E-state index contributed by atoms with van der Waals surface area (Å²) in [5.74, 6) is 0. The molecule has 15 heavy (non-hydrogen) atoms. The Balaban J connectivity index is 2.15. The third-order valence-corrected chi connectivity index (χ3v) is 2.07. The first-order valence-corrected chi connectivity index (χ1v) is 5.47. The summed E-state index contributed by atoms with van der Waals surface area (Å²) in [4.78, 5) is 11.3. The van der Waals surface area contributed by atoms with E-state index >= 15 is 0 Å². The second-order valence-corrected chi connectivity index (χ2v) is 4.79. The van der Waals surface area contributed by atoms with Gasteiger partial charge in [0.1, 0.15) is 5.60 Å². The third-order valence-electron chi connectivity index (χ3n) is 2.07. The second-order valence-electron chi connectivity index (χ2n) is 4.79. The topological polar surface area (TPSA) is 53.6 Å². The molecule has 0 radical (unpaired) electrons. The van der Waals surface area contributed by atoms with Crippen LogP contribution < -0.4 is 11.0 Å². The van der Waals surface area contributed by atoms with E-state index < -0.39 is 11.7 Å². The van der Waals surface area contributed by atoms with Crippen molar-refractivity contribution in [3.63, 3.8) is 0 Å². The van der Waals surface area contributed by atoms with Crippen LogP contribution in [0.2, 0.25) is 0 Å². The smallest absolute Gasteiger partial charge is 0.423 e.